The Morgan fingerprint density at radius 1 is 1.31 bits per heavy atom. The molecule has 0 atom stereocenters. The highest BCUT2D eigenvalue weighted by molar-refractivity contribution is 7.89. The van der Waals surface area contributed by atoms with Crippen LogP contribution in [0.1, 0.15) is 18.4 Å². The number of nitrogens with zero attached hydrogens (tertiary/aromatic N) is 1. The number of alkyl halides is 3. The second-order valence-electron chi connectivity index (χ2n) is 5.98. The number of carbonyl (C=O) groups is 1. The average Bonchev–Trinajstić information content (AvgIpc) is 2.55. The number of carbonyl (C=O) groups excluding carboxylic acids is 1. The minimum Gasteiger partial charge on any atom is -0.358 e. The highest BCUT2D eigenvalue weighted by Gasteiger charge is 2.38. The van der Waals surface area contributed by atoms with E-state index in [1.807, 2.05) is 4.90 Å². The molecule has 1 aromatic rings. The number of likely N-dealkylation sites (tertiary alicyclic amines) is 1. The standard InChI is InChI=1S/C15H19ClF3N3O3S/c1-20-14(23)9-22-6-4-11(5-7-22)21-26(24,25)13-3-2-10(16)8-12(13)15(17,18)19/h2-3,8,11,21H,4-7,9H2,1H3,(H,20,23). The van der Waals surface area contributed by atoms with Crippen molar-refractivity contribution < 1.29 is 26.4 Å². The van der Waals surface area contributed by atoms with Crippen LogP contribution >= 0.6 is 11.6 Å². The summed E-state index contributed by atoms with van der Waals surface area (Å²) in [7, 11) is -2.84. The van der Waals surface area contributed by atoms with Crippen LogP contribution in [0.3, 0.4) is 0 Å². The third kappa shape index (κ3) is 5.32. The summed E-state index contributed by atoms with van der Waals surface area (Å²) in [6.07, 6.45) is -4.05. The SMILES string of the molecule is CNC(=O)CN1CCC(NS(=O)(=O)c2ccc(Cl)cc2C(F)(F)F)CC1. The first-order chi connectivity index (χ1) is 12.0. The molecular formula is C15H19ClF3N3O3S. The Morgan fingerprint density at radius 3 is 2.46 bits per heavy atom. The summed E-state index contributed by atoms with van der Waals surface area (Å²) < 4.78 is 66.7. The van der Waals surface area contributed by atoms with E-state index in [0.717, 1.165) is 12.1 Å². The monoisotopic (exact) mass is 413 g/mol. The summed E-state index contributed by atoms with van der Waals surface area (Å²) in [5.74, 6) is -0.153. The van der Waals surface area contributed by atoms with Crippen molar-refractivity contribution in [3.05, 3.63) is 28.8 Å². The maximum absolute atomic E-state index is 13.1. The predicted octanol–water partition coefficient (Wildman–Crippen LogP) is 1.85. The molecule has 11 heteroatoms. The Balaban J connectivity index is 2.10. The Morgan fingerprint density at radius 2 is 1.92 bits per heavy atom. The van der Waals surface area contributed by atoms with Crippen LogP contribution in [0.25, 0.3) is 0 Å². The lowest BCUT2D eigenvalue weighted by Gasteiger charge is -2.31. The van der Waals surface area contributed by atoms with Crippen LogP contribution in [0.4, 0.5) is 13.2 Å². The molecule has 0 radical (unpaired) electrons. The molecule has 1 aliphatic rings. The second-order valence-corrected chi connectivity index (χ2v) is 8.10. The van der Waals surface area contributed by atoms with E-state index in [4.69, 9.17) is 11.6 Å². The Hall–Kier alpha value is -1.36. The van der Waals surface area contributed by atoms with Gasteiger partial charge in [0.1, 0.15) is 0 Å². The number of rotatable bonds is 5. The maximum atomic E-state index is 13.1. The van der Waals surface area contributed by atoms with Crippen molar-refractivity contribution >= 4 is 27.5 Å². The average molecular weight is 414 g/mol. The van der Waals surface area contributed by atoms with E-state index in [2.05, 4.69) is 10.0 Å². The van der Waals surface area contributed by atoms with Gasteiger partial charge in [0.25, 0.3) is 0 Å². The van der Waals surface area contributed by atoms with Crippen LogP contribution in [0.2, 0.25) is 5.02 Å². The highest BCUT2D eigenvalue weighted by Crippen LogP contribution is 2.36. The van der Waals surface area contributed by atoms with Crippen molar-refractivity contribution in [2.24, 2.45) is 0 Å². The minimum absolute atomic E-state index is 0.153. The van der Waals surface area contributed by atoms with Crippen LogP contribution in [0, 0.1) is 0 Å². The van der Waals surface area contributed by atoms with Crippen LogP contribution < -0.4 is 10.0 Å². The molecule has 1 aliphatic heterocycles. The largest absolute Gasteiger partial charge is 0.417 e. The predicted molar refractivity (Wildman–Crippen MR) is 90.3 cm³/mol. The van der Waals surface area contributed by atoms with Gasteiger partial charge in [-0.1, -0.05) is 11.6 Å². The summed E-state index contributed by atoms with van der Waals surface area (Å²) >= 11 is 5.58. The normalized spacial score (nSPS) is 17.3. The summed E-state index contributed by atoms with van der Waals surface area (Å²) in [6, 6.07) is 2.06. The second kappa shape index (κ2) is 8.12. The fraction of sp³-hybridized carbons (Fsp3) is 0.533. The summed E-state index contributed by atoms with van der Waals surface area (Å²) in [4.78, 5) is 12.4. The molecule has 1 fully saturated rings. The van der Waals surface area contributed by atoms with Crippen LogP contribution in [-0.4, -0.2) is 51.9 Å². The number of halogens is 4. The number of hydrogen-bond donors (Lipinski definition) is 2. The van der Waals surface area contributed by atoms with Gasteiger partial charge in [-0.2, -0.15) is 13.2 Å². The fourth-order valence-electron chi connectivity index (χ4n) is 2.73. The third-order valence-electron chi connectivity index (χ3n) is 4.09. The van der Waals surface area contributed by atoms with Crippen LogP contribution in [0.5, 0.6) is 0 Å². The highest BCUT2D eigenvalue weighted by atomic mass is 35.5. The number of benzene rings is 1. The lowest BCUT2D eigenvalue weighted by atomic mass is 10.1. The molecular weight excluding hydrogens is 395 g/mol. The molecule has 1 aromatic carbocycles. The van der Waals surface area contributed by atoms with Crippen molar-refractivity contribution in [3.8, 4) is 0 Å². The molecule has 0 unspecified atom stereocenters. The number of amides is 1. The van der Waals surface area contributed by atoms with Gasteiger partial charge in [-0.15, -0.1) is 0 Å². The van der Waals surface area contributed by atoms with Gasteiger partial charge in [0.15, 0.2) is 0 Å². The van der Waals surface area contributed by atoms with Gasteiger partial charge in [0.2, 0.25) is 15.9 Å². The van der Waals surface area contributed by atoms with Gasteiger partial charge in [-0.3, -0.25) is 9.69 Å². The number of nitrogens with one attached hydrogen (secondary N) is 2. The topological polar surface area (TPSA) is 78.5 Å². The molecule has 0 aliphatic carbocycles. The van der Waals surface area contributed by atoms with Gasteiger partial charge >= 0.3 is 6.18 Å². The number of hydrogen-bond acceptors (Lipinski definition) is 4. The summed E-state index contributed by atoms with van der Waals surface area (Å²) in [6.45, 7) is 1.13. The van der Waals surface area contributed by atoms with Crippen molar-refractivity contribution in [2.75, 3.05) is 26.7 Å². The molecule has 0 saturated carbocycles. The zero-order valence-electron chi connectivity index (χ0n) is 13.9. The van der Waals surface area contributed by atoms with Gasteiger partial charge < -0.3 is 5.32 Å². The molecule has 6 nitrogen and oxygen atoms in total. The van der Waals surface area contributed by atoms with Crippen molar-refractivity contribution in [1.29, 1.82) is 0 Å². The van der Waals surface area contributed by atoms with Crippen LogP contribution in [0.15, 0.2) is 23.1 Å². The lowest BCUT2D eigenvalue weighted by Crippen LogP contribution is -2.47. The van der Waals surface area contributed by atoms with Crippen LogP contribution in [-0.2, 0) is 21.0 Å². The summed E-state index contributed by atoms with van der Waals surface area (Å²) in [5.41, 5.74) is -1.30. The van der Waals surface area contributed by atoms with Gasteiger partial charge in [0, 0.05) is 31.2 Å². The van der Waals surface area contributed by atoms with Gasteiger partial charge in [-0.25, -0.2) is 13.1 Å². The molecule has 2 N–H and O–H groups in total. The van der Waals surface area contributed by atoms with Gasteiger partial charge in [-0.05, 0) is 31.0 Å². The molecule has 0 bridgehead atoms. The smallest absolute Gasteiger partial charge is 0.358 e. The third-order valence-corrected chi connectivity index (χ3v) is 5.91. The van der Waals surface area contributed by atoms with Crippen molar-refractivity contribution in [1.82, 2.24) is 14.9 Å². The van der Waals surface area contributed by atoms with Crippen molar-refractivity contribution in [3.63, 3.8) is 0 Å². The molecule has 146 valence electrons. The van der Waals surface area contributed by atoms with E-state index in [1.54, 1.807) is 0 Å². The first-order valence-electron chi connectivity index (χ1n) is 7.85. The van der Waals surface area contributed by atoms with E-state index in [0.29, 0.717) is 32.0 Å². The number of likely N-dealkylation sites (N-methyl/N-ethyl adjacent to an activating group) is 1. The molecule has 2 rings (SSSR count). The lowest BCUT2D eigenvalue weighted by molar-refractivity contribution is -0.139. The Bertz CT molecular complexity index is 763. The quantitative estimate of drug-likeness (QED) is 0.772. The summed E-state index contributed by atoms with van der Waals surface area (Å²) in [5, 5.41) is 2.30. The zero-order valence-corrected chi connectivity index (χ0v) is 15.5. The minimum atomic E-state index is -4.84. The number of piperidine rings is 1. The Kier molecular flexibility index (Phi) is 6.54. The molecule has 26 heavy (non-hydrogen) atoms. The van der Waals surface area contributed by atoms with E-state index in [-0.39, 0.29) is 17.5 Å². The molecule has 0 spiro atoms. The molecule has 1 saturated heterocycles. The fourth-order valence-corrected chi connectivity index (χ4v) is 4.42. The molecule has 0 aromatic heterocycles. The van der Waals surface area contributed by atoms with Crippen molar-refractivity contribution in [2.45, 2.75) is 30.0 Å². The van der Waals surface area contributed by atoms with E-state index in [1.165, 1.54) is 7.05 Å². The van der Waals surface area contributed by atoms with E-state index in [9.17, 15) is 26.4 Å². The number of sulfonamides is 1. The zero-order chi connectivity index (χ0) is 19.5. The van der Waals surface area contributed by atoms with Gasteiger partial charge in [0.05, 0.1) is 17.0 Å². The first-order valence-corrected chi connectivity index (χ1v) is 9.71. The molecule has 1 heterocycles. The Labute approximate surface area is 154 Å². The maximum Gasteiger partial charge on any atom is 0.417 e. The van der Waals surface area contributed by atoms with E-state index < -0.39 is 32.7 Å². The first kappa shape index (κ1) is 20.9. The molecule has 1 amide bonds. The van der Waals surface area contributed by atoms with E-state index >= 15 is 0 Å².